The molecule has 4 heteroatoms. The maximum absolute atomic E-state index is 5.51. The standard InChI is InChI=1S/C7H7N3S/c8-4-5-2-1-3-6-7(5)9-10-11-6/h1-3H,4,8H2. The van der Waals surface area contributed by atoms with Crippen LogP contribution in [0.4, 0.5) is 0 Å². The molecule has 0 unspecified atom stereocenters. The molecule has 1 aromatic carbocycles. The van der Waals surface area contributed by atoms with Crippen LogP contribution in [-0.4, -0.2) is 9.59 Å². The number of rotatable bonds is 1. The Morgan fingerprint density at radius 1 is 1.45 bits per heavy atom. The van der Waals surface area contributed by atoms with Gasteiger partial charge in [-0.2, -0.15) is 0 Å². The monoisotopic (exact) mass is 165 g/mol. The summed E-state index contributed by atoms with van der Waals surface area (Å²) < 4.78 is 4.95. The van der Waals surface area contributed by atoms with E-state index in [0.717, 1.165) is 15.8 Å². The second kappa shape index (κ2) is 2.56. The average molecular weight is 165 g/mol. The van der Waals surface area contributed by atoms with Gasteiger partial charge in [0.05, 0.1) is 4.70 Å². The van der Waals surface area contributed by atoms with E-state index < -0.39 is 0 Å². The van der Waals surface area contributed by atoms with Crippen molar-refractivity contribution >= 4 is 21.7 Å². The average Bonchev–Trinajstić information content (AvgIpc) is 2.50. The third kappa shape index (κ3) is 1.00. The van der Waals surface area contributed by atoms with Crippen LogP contribution in [0.15, 0.2) is 18.2 Å². The smallest absolute Gasteiger partial charge is 0.110 e. The second-order valence-corrected chi connectivity index (χ2v) is 3.03. The van der Waals surface area contributed by atoms with Crippen LogP contribution in [0.25, 0.3) is 10.2 Å². The SMILES string of the molecule is NCc1cccc2snnc12. The zero-order chi connectivity index (χ0) is 7.68. The summed E-state index contributed by atoms with van der Waals surface area (Å²) in [4.78, 5) is 0. The maximum atomic E-state index is 5.51. The Kier molecular flexibility index (Phi) is 1.56. The molecule has 0 fully saturated rings. The highest BCUT2D eigenvalue weighted by atomic mass is 32.1. The lowest BCUT2D eigenvalue weighted by atomic mass is 10.2. The normalized spacial score (nSPS) is 10.6. The van der Waals surface area contributed by atoms with E-state index in [1.54, 1.807) is 0 Å². The van der Waals surface area contributed by atoms with Gasteiger partial charge in [-0.3, -0.25) is 0 Å². The van der Waals surface area contributed by atoms with Crippen LogP contribution in [0, 0.1) is 0 Å². The Labute approximate surface area is 68.0 Å². The molecular weight excluding hydrogens is 158 g/mol. The molecule has 1 heterocycles. The van der Waals surface area contributed by atoms with Crippen LogP contribution in [0.5, 0.6) is 0 Å². The highest BCUT2D eigenvalue weighted by molar-refractivity contribution is 7.12. The van der Waals surface area contributed by atoms with Gasteiger partial charge in [-0.25, -0.2) is 0 Å². The minimum atomic E-state index is 0.531. The van der Waals surface area contributed by atoms with E-state index in [1.165, 1.54) is 11.5 Å². The van der Waals surface area contributed by atoms with Crippen molar-refractivity contribution in [3.05, 3.63) is 23.8 Å². The molecule has 2 N–H and O–H groups in total. The Hall–Kier alpha value is -1.00. The predicted molar refractivity (Wildman–Crippen MR) is 45.3 cm³/mol. The minimum Gasteiger partial charge on any atom is -0.326 e. The van der Waals surface area contributed by atoms with Gasteiger partial charge < -0.3 is 5.73 Å². The summed E-state index contributed by atoms with van der Waals surface area (Å²) in [6.45, 7) is 0.531. The summed E-state index contributed by atoms with van der Waals surface area (Å²) in [5.41, 5.74) is 7.52. The first-order chi connectivity index (χ1) is 5.42. The van der Waals surface area contributed by atoms with Gasteiger partial charge in [0.25, 0.3) is 0 Å². The van der Waals surface area contributed by atoms with E-state index in [-0.39, 0.29) is 0 Å². The van der Waals surface area contributed by atoms with E-state index in [2.05, 4.69) is 9.59 Å². The van der Waals surface area contributed by atoms with Crippen LogP contribution in [0.2, 0.25) is 0 Å². The molecule has 0 saturated carbocycles. The molecule has 0 bridgehead atoms. The van der Waals surface area contributed by atoms with E-state index >= 15 is 0 Å². The van der Waals surface area contributed by atoms with Gasteiger partial charge >= 0.3 is 0 Å². The van der Waals surface area contributed by atoms with Gasteiger partial charge in [-0.1, -0.05) is 16.6 Å². The van der Waals surface area contributed by atoms with Gasteiger partial charge in [0.15, 0.2) is 0 Å². The molecule has 2 aromatic rings. The summed E-state index contributed by atoms with van der Waals surface area (Å²) in [5.74, 6) is 0. The van der Waals surface area contributed by atoms with Gasteiger partial charge in [0, 0.05) is 6.54 Å². The highest BCUT2D eigenvalue weighted by Crippen LogP contribution is 2.18. The zero-order valence-electron chi connectivity index (χ0n) is 5.82. The summed E-state index contributed by atoms with van der Waals surface area (Å²) in [6, 6.07) is 5.95. The molecule has 2 rings (SSSR count). The Morgan fingerprint density at radius 3 is 3.18 bits per heavy atom. The van der Waals surface area contributed by atoms with Crippen LogP contribution in [-0.2, 0) is 6.54 Å². The van der Waals surface area contributed by atoms with Crippen molar-refractivity contribution < 1.29 is 0 Å². The topological polar surface area (TPSA) is 51.8 Å². The molecular formula is C7H7N3S. The van der Waals surface area contributed by atoms with Crippen LogP contribution < -0.4 is 5.73 Å². The Bertz CT molecular complexity index is 368. The summed E-state index contributed by atoms with van der Waals surface area (Å²) in [6.07, 6.45) is 0. The zero-order valence-corrected chi connectivity index (χ0v) is 6.64. The second-order valence-electron chi connectivity index (χ2n) is 2.24. The molecule has 0 amide bonds. The van der Waals surface area contributed by atoms with E-state index in [4.69, 9.17) is 5.73 Å². The molecule has 0 aliphatic carbocycles. The van der Waals surface area contributed by atoms with Crippen LogP contribution in [0.1, 0.15) is 5.56 Å². The molecule has 0 aliphatic heterocycles. The fraction of sp³-hybridized carbons (Fsp3) is 0.143. The van der Waals surface area contributed by atoms with Gasteiger partial charge in [0.1, 0.15) is 5.52 Å². The number of hydrogen-bond acceptors (Lipinski definition) is 4. The minimum absolute atomic E-state index is 0.531. The number of benzene rings is 1. The van der Waals surface area contributed by atoms with Crippen LogP contribution >= 0.6 is 11.5 Å². The molecule has 0 aliphatic rings. The fourth-order valence-corrected chi connectivity index (χ4v) is 1.63. The molecule has 3 nitrogen and oxygen atoms in total. The number of fused-ring (bicyclic) bond motifs is 1. The first-order valence-electron chi connectivity index (χ1n) is 3.32. The number of aromatic nitrogens is 2. The maximum Gasteiger partial charge on any atom is 0.110 e. The van der Waals surface area contributed by atoms with Crippen molar-refractivity contribution in [2.45, 2.75) is 6.54 Å². The molecule has 0 saturated heterocycles. The molecule has 0 radical (unpaired) electrons. The van der Waals surface area contributed by atoms with Gasteiger partial charge in [0.2, 0.25) is 0 Å². The third-order valence-corrected chi connectivity index (χ3v) is 2.27. The molecule has 1 aromatic heterocycles. The van der Waals surface area contributed by atoms with E-state index in [9.17, 15) is 0 Å². The van der Waals surface area contributed by atoms with E-state index in [0.29, 0.717) is 6.54 Å². The largest absolute Gasteiger partial charge is 0.326 e. The summed E-state index contributed by atoms with van der Waals surface area (Å²) in [7, 11) is 0. The van der Waals surface area contributed by atoms with Gasteiger partial charge in [-0.05, 0) is 23.2 Å². The number of nitrogens with two attached hydrogens (primary N) is 1. The van der Waals surface area contributed by atoms with Crippen molar-refractivity contribution in [2.24, 2.45) is 5.73 Å². The van der Waals surface area contributed by atoms with Crippen molar-refractivity contribution in [2.75, 3.05) is 0 Å². The fourth-order valence-electron chi connectivity index (χ4n) is 1.02. The molecule has 0 atom stereocenters. The number of hydrogen-bond donors (Lipinski definition) is 1. The lowest BCUT2D eigenvalue weighted by molar-refractivity contribution is 1.07. The van der Waals surface area contributed by atoms with Crippen molar-refractivity contribution in [1.82, 2.24) is 9.59 Å². The Morgan fingerprint density at radius 2 is 2.36 bits per heavy atom. The first-order valence-corrected chi connectivity index (χ1v) is 4.09. The lowest BCUT2D eigenvalue weighted by Crippen LogP contribution is -1.96. The molecule has 11 heavy (non-hydrogen) atoms. The number of nitrogens with zero attached hydrogens (tertiary/aromatic N) is 2. The first kappa shape index (κ1) is 6.69. The van der Waals surface area contributed by atoms with Crippen molar-refractivity contribution in [3.63, 3.8) is 0 Å². The van der Waals surface area contributed by atoms with Crippen LogP contribution in [0.3, 0.4) is 0 Å². The van der Waals surface area contributed by atoms with Crippen molar-refractivity contribution in [3.8, 4) is 0 Å². The predicted octanol–water partition coefficient (Wildman–Crippen LogP) is 1.15. The van der Waals surface area contributed by atoms with Crippen molar-refractivity contribution in [1.29, 1.82) is 0 Å². The third-order valence-electron chi connectivity index (χ3n) is 1.58. The molecule has 56 valence electrons. The quantitative estimate of drug-likeness (QED) is 0.689. The Balaban J connectivity index is 2.79. The molecule has 0 spiro atoms. The highest BCUT2D eigenvalue weighted by Gasteiger charge is 2.01. The van der Waals surface area contributed by atoms with Gasteiger partial charge in [-0.15, -0.1) is 5.10 Å². The summed E-state index contributed by atoms with van der Waals surface area (Å²) >= 11 is 1.40. The van der Waals surface area contributed by atoms with E-state index in [1.807, 2.05) is 18.2 Å². The lowest BCUT2D eigenvalue weighted by Gasteiger charge is -1.93. The summed E-state index contributed by atoms with van der Waals surface area (Å²) in [5, 5.41) is 3.98.